The molecule has 2 rings (SSSR count). The molecule has 0 radical (unpaired) electrons. The van der Waals surface area contributed by atoms with E-state index in [1.165, 1.54) is 24.8 Å². The summed E-state index contributed by atoms with van der Waals surface area (Å²) in [4.78, 5) is 48.9. The Bertz CT molecular complexity index is 1000. The van der Waals surface area contributed by atoms with E-state index in [0.29, 0.717) is 0 Å². The van der Waals surface area contributed by atoms with E-state index in [1.807, 2.05) is 0 Å². The lowest BCUT2D eigenvalue weighted by molar-refractivity contribution is -0.131. The van der Waals surface area contributed by atoms with Gasteiger partial charge < -0.3 is 35.4 Å². The maximum atomic E-state index is 12.9. The number of alkyl carbamates (subject to hydrolysis) is 1. The first-order valence-electron chi connectivity index (χ1n) is 10.3. The number of fused-ring (bicyclic) bond motifs is 1. The fraction of sp³-hybridized carbons (Fsp3) is 0.455. The Kier molecular flexibility index (Phi) is 8.80. The zero-order valence-corrected chi connectivity index (χ0v) is 20.0. The quantitative estimate of drug-likeness (QED) is 0.307. The van der Waals surface area contributed by atoms with Gasteiger partial charge in [0.1, 0.15) is 29.7 Å². The molecule has 2 amide bonds. The Labute approximate surface area is 200 Å². The Morgan fingerprint density at radius 3 is 2.56 bits per heavy atom. The van der Waals surface area contributed by atoms with Crippen LogP contribution in [0.5, 0.6) is 11.5 Å². The van der Waals surface area contributed by atoms with E-state index in [0.717, 1.165) is 12.1 Å². The lowest BCUT2D eigenvalue weighted by Gasteiger charge is -2.25. The van der Waals surface area contributed by atoms with Gasteiger partial charge in [-0.15, -0.1) is 0 Å². The van der Waals surface area contributed by atoms with Crippen LogP contribution in [0.1, 0.15) is 42.3 Å². The second kappa shape index (κ2) is 11.1. The Balaban J connectivity index is 2.42. The molecule has 2 atom stereocenters. The van der Waals surface area contributed by atoms with Gasteiger partial charge in [0.25, 0.3) is 0 Å². The first-order valence-corrected chi connectivity index (χ1v) is 11.4. The van der Waals surface area contributed by atoms with Crippen LogP contribution in [-0.4, -0.2) is 69.3 Å². The third-order valence-corrected chi connectivity index (χ3v) is 5.67. The molecule has 0 unspecified atom stereocenters. The van der Waals surface area contributed by atoms with Gasteiger partial charge in [0, 0.05) is 34.8 Å². The summed E-state index contributed by atoms with van der Waals surface area (Å²) in [7, 11) is 0. The summed E-state index contributed by atoms with van der Waals surface area (Å²) in [6.45, 7) is 5.80. The number of thioether (sulfide) groups is 1. The molecular formula is C22H28N2O9S. The number of hydrogen-bond acceptors (Lipinski definition) is 9. The molecule has 0 spiro atoms. The van der Waals surface area contributed by atoms with Crippen LogP contribution < -0.4 is 10.6 Å². The molecule has 0 saturated carbocycles. The third kappa shape index (κ3) is 7.58. The van der Waals surface area contributed by atoms with E-state index in [-0.39, 0.29) is 39.7 Å². The van der Waals surface area contributed by atoms with Crippen molar-refractivity contribution in [3.05, 3.63) is 34.9 Å². The van der Waals surface area contributed by atoms with E-state index < -0.39 is 48.2 Å². The van der Waals surface area contributed by atoms with Crippen molar-refractivity contribution in [2.75, 3.05) is 12.4 Å². The standard InChI is InChI=1S/C22H28N2O9S/c1-11-15(25)7-16(26)13-10-34-9-12(5-6-17(27)28)23-19(29)14(8-32-20(30)18(11)13)24-21(31)33-22(2,3)4/h5-7,12,14,25-26H,8-10H2,1-4H3,(H,23,29)(H,24,31)(H,27,28)/b6-5+/t12-,14-/m0/s1. The molecule has 1 aromatic carbocycles. The summed E-state index contributed by atoms with van der Waals surface area (Å²) >= 11 is 1.21. The van der Waals surface area contributed by atoms with Gasteiger partial charge in [-0.05, 0) is 27.7 Å². The van der Waals surface area contributed by atoms with Crippen molar-refractivity contribution in [1.82, 2.24) is 10.6 Å². The zero-order valence-electron chi connectivity index (χ0n) is 19.2. The van der Waals surface area contributed by atoms with Crippen LogP contribution >= 0.6 is 11.8 Å². The van der Waals surface area contributed by atoms with Crippen molar-refractivity contribution in [2.45, 2.75) is 51.1 Å². The van der Waals surface area contributed by atoms with Gasteiger partial charge in [-0.2, -0.15) is 11.8 Å². The summed E-state index contributed by atoms with van der Waals surface area (Å²) in [5.41, 5.74) is -0.509. The monoisotopic (exact) mass is 496 g/mol. The number of amides is 2. The first-order chi connectivity index (χ1) is 15.8. The highest BCUT2D eigenvalue weighted by molar-refractivity contribution is 7.98. The smallest absolute Gasteiger partial charge is 0.408 e. The Morgan fingerprint density at radius 2 is 1.94 bits per heavy atom. The summed E-state index contributed by atoms with van der Waals surface area (Å²) < 4.78 is 10.4. The lowest BCUT2D eigenvalue weighted by Crippen LogP contribution is -2.53. The van der Waals surface area contributed by atoms with E-state index in [2.05, 4.69) is 10.6 Å². The van der Waals surface area contributed by atoms with Crippen LogP contribution in [0.25, 0.3) is 0 Å². The number of benzene rings is 1. The van der Waals surface area contributed by atoms with E-state index >= 15 is 0 Å². The number of carboxylic acids is 1. The van der Waals surface area contributed by atoms with Crippen molar-refractivity contribution < 1.29 is 44.0 Å². The number of phenolic OH excluding ortho intramolecular Hbond substituents is 2. The number of aromatic hydroxyl groups is 2. The second-order valence-electron chi connectivity index (χ2n) is 8.52. The van der Waals surface area contributed by atoms with Gasteiger partial charge in [-0.1, -0.05) is 6.08 Å². The number of carbonyl (C=O) groups excluding carboxylic acids is 3. The van der Waals surface area contributed by atoms with E-state index in [4.69, 9.17) is 14.6 Å². The molecule has 0 bridgehead atoms. The minimum Gasteiger partial charge on any atom is -0.508 e. The highest BCUT2D eigenvalue weighted by atomic mass is 32.2. The Hall–Kier alpha value is -3.41. The molecule has 0 fully saturated rings. The van der Waals surface area contributed by atoms with E-state index in [1.54, 1.807) is 20.8 Å². The van der Waals surface area contributed by atoms with Crippen molar-refractivity contribution >= 4 is 35.7 Å². The normalized spacial score (nSPS) is 19.8. The van der Waals surface area contributed by atoms with Crippen molar-refractivity contribution in [3.8, 4) is 11.5 Å². The molecule has 12 heteroatoms. The predicted octanol–water partition coefficient (Wildman–Crippen LogP) is 1.83. The van der Waals surface area contributed by atoms with E-state index in [9.17, 15) is 29.4 Å². The molecule has 11 nitrogen and oxygen atoms in total. The van der Waals surface area contributed by atoms with Gasteiger partial charge in [0.15, 0.2) is 0 Å². The molecule has 1 aliphatic rings. The minimum atomic E-state index is -1.36. The number of cyclic esters (lactones) is 1. The highest BCUT2D eigenvalue weighted by Crippen LogP contribution is 2.35. The molecule has 5 N–H and O–H groups in total. The third-order valence-electron chi connectivity index (χ3n) is 4.58. The van der Waals surface area contributed by atoms with Gasteiger partial charge in [-0.25, -0.2) is 14.4 Å². The predicted molar refractivity (Wildman–Crippen MR) is 123 cm³/mol. The van der Waals surface area contributed by atoms with Crippen LogP contribution in [0, 0.1) is 6.92 Å². The number of esters is 1. The maximum absolute atomic E-state index is 12.9. The molecular weight excluding hydrogens is 468 g/mol. The number of aliphatic carboxylic acids is 1. The minimum absolute atomic E-state index is 0.0559. The van der Waals surface area contributed by atoms with Crippen LogP contribution in [0.3, 0.4) is 0 Å². The van der Waals surface area contributed by atoms with Crippen LogP contribution in [0.4, 0.5) is 4.79 Å². The lowest BCUT2D eigenvalue weighted by atomic mass is 10.0. The molecule has 0 aromatic heterocycles. The summed E-state index contributed by atoms with van der Waals surface area (Å²) in [6, 6.07) is -1.00. The van der Waals surface area contributed by atoms with Gasteiger partial charge in [0.2, 0.25) is 5.91 Å². The number of carbonyl (C=O) groups is 4. The average molecular weight is 497 g/mol. The van der Waals surface area contributed by atoms with Gasteiger partial charge in [-0.3, -0.25) is 4.79 Å². The highest BCUT2D eigenvalue weighted by Gasteiger charge is 2.30. The number of hydrogen-bond donors (Lipinski definition) is 5. The van der Waals surface area contributed by atoms with Crippen LogP contribution in [0.15, 0.2) is 18.2 Å². The summed E-state index contributed by atoms with van der Waals surface area (Å²) in [6.07, 6.45) is 1.23. The summed E-state index contributed by atoms with van der Waals surface area (Å²) in [5, 5.41) is 34.3. The number of ether oxygens (including phenoxy) is 2. The van der Waals surface area contributed by atoms with Crippen molar-refractivity contribution in [1.29, 1.82) is 0 Å². The largest absolute Gasteiger partial charge is 0.508 e. The fourth-order valence-corrected chi connectivity index (χ4v) is 4.07. The molecule has 186 valence electrons. The average Bonchev–Trinajstić information content (AvgIpc) is 2.70. The number of carboxylic acid groups (broad SMARTS) is 1. The first kappa shape index (κ1) is 26.8. The van der Waals surface area contributed by atoms with Crippen molar-refractivity contribution in [3.63, 3.8) is 0 Å². The zero-order chi connectivity index (χ0) is 25.6. The Morgan fingerprint density at radius 1 is 1.26 bits per heavy atom. The molecule has 0 aliphatic carbocycles. The van der Waals surface area contributed by atoms with Crippen LogP contribution in [0.2, 0.25) is 0 Å². The molecule has 0 saturated heterocycles. The number of nitrogens with one attached hydrogen (secondary N) is 2. The fourth-order valence-electron chi connectivity index (χ4n) is 3.01. The molecule has 1 aliphatic heterocycles. The molecule has 34 heavy (non-hydrogen) atoms. The summed E-state index contributed by atoms with van der Waals surface area (Å²) in [5.74, 6) is -3.16. The van der Waals surface area contributed by atoms with Crippen molar-refractivity contribution in [2.24, 2.45) is 0 Å². The number of phenols is 2. The topological polar surface area (TPSA) is 171 Å². The number of rotatable bonds is 3. The molecule has 1 aromatic rings. The second-order valence-corrected chi connectivity index (χ2v) is 9.55. The maximum Gasteiger partial charge on any atom is 0.408 e. The SMILES string of the molecule is Cc1c(O)cc(O)c2c1C(=O)OC[C@H](NC(=O)OC(C)(C)C)C(=O)N[C@@H](/C=C/C(=O)O)CSC2. The van der Waals surface area contributed by atoms with Gasteiger partial charge in [0.05, 0.1) is 11.6 Å². The van der Waals surface area contributed by atoms with Gasteiger partial charge >= 0.3 is 18.0 Å². The molecule has 1 heterocycles. The van der Waals surface area contributed by atoms with Crippen LogP contribution in [-0.2, 0) is 24.8 Å².